The molecule has 0 saturated heterocycles. The molecule has 9 aromatic rings. The molecule has 200 valence electrons. The van der Waals surface area contributed by atoms with Gasteiger partial charge in [0.1, 0.15) is 11.2 Å². The number of benzene rings is 8. The largest absolute Gasteiger partial charge is 0.456 e. The Morgan fingerprint density at radius 2 is 0.907 bits per heavy atom. The van der Waals surface area contributed by atoms with Gasteiger partial charge in [0, 0.05) is 10.8 Å². The van der Waals surface area contributed by atoms with E-state index in [0.29, 0.717) is 27.9 Å². The summed E-state index contributed by atoms with van der Waals surface area (Å²) in [6, 6.07) is 32.1. The van der Waals surface area contributed by atoms with E-state index in [1.165, 1.54) is 0 Å². The van der Waals surface area contributed by atoms with Gasteiger partial charge in [0.15, 0.2) is 0 Å². The molecule has 0 N–H and O–H groups in total. The van der Waals surface area contributed by atoms with Crippen molar-refractivity contribution in [1.29, 1.82) is 0 Å². The van der Waals surface area contributed by atoms with Crippen molar-refractivity contribution in [3.63, 3.8) is 0 Å². The number of furan rings is 1. The maximum atomic E-state index is 9.23. The standard InChI is InChI=1S/C42H26O/c1-2-10-30-25-31(22-19-27(30)9-1)28-17-20-29(21-18-28)41-35-12-3-5-14-37(35)42(38-15-6-4-13-36(38)41)32-23-24-34-33-11-7-8-16-39(33)43-40(34)26-32/h1-26H/i3D,4D,5D,6D,12D,13D,14D,15D. The molecule has 1 heterocycles. The van der Waals surface area contributed by atoms with Gasteiger partial charge in [0.25, 0.3) is 0 Å². The molecule has 9 rings (SSSR count). The van der Waals surface area contributed by atoms with Gasteiger partial charge in [-0.3, -0.25) is 0 Å². The van der Waals surface area contributed by atoms with E-state index in [4.69, 9.17) is 9.90 Å². The average Bonchev–Trinajstić information content (AvgIpc) is 3.54. The minimum atomic E-state index is -0.434. The van der Waals surface area contributed by atoms with Gasteiger partial charge in [-0.1, -0.05) is 133 Å². The van der Waals surface area contributed by atoms with Crippen LogP contribution in [0.2, 0.25) is 0 Å². The zero-order valence-corrected chi connectivity index (χ0v) is 22.8. The molecule has 0 amide bonds. The molecule has 0 radical (unpaired) electrons. The molecular weight excluding hydrogens is 520 g/mol. The third-order valence-electron chi connectivity index (χ3n) is 8.30. The SMILES string of the molecule is [2H]c1c([2H])c([2H])c2c(-c3ccc4c(c3)oc3ccccc34)c3c([2H])c([2H])c([2H])c([2H])c3c(-c3ccc(-c4ccc5ccccc5c4)cc3)c2c1[2H]. The molecule has 1 nitrogen and oxygen atoms in total. The summed E-state index contributed by atoms with van der Waals surface area (Å²) in [4.78, 5) is 0. The summed E-state index contributed by atoms with van der Waals surface area (Å²) in [7, 11) is 0. The third kappa shape index (κ3) is 3.79. The quantitative estimate of drug-likeness (QED) is 0.198. The molecule has 0 spiro atoms. The molecule has 0 unspecified atom stereocenters. The molecule has 0 fully saturated rings. The van der Waals surface area contributed by atoms with Crippen LogP contribution < -0.4 is 0 Å². The fraction of sp³-hybridized carbons (Fsp3) is 0. The fourth-order valence-corrected chi connectivity index (χ4v) is 6.28. The van der Waals surface area contributed by atoms with Gasteiger partial charge in [-0.25, -0.2) is 0 Å². The summed E-state index contributed by atoms with van der Waals surface area (Å²) in [6.07, 6.45) is 0. The number of hydrogen-bond donors (Lipinski definition) is 0. The van der Waals surface area contributed by atoms with E-state index in [1.54, 1.807) is 6.07 Å². The van der Waals surface area contributed by atoms with Gasteiger partial charge in [0.2, 0.25) is 0 Å². The Morgan fingerprint density at radius 1 is 0.372 bits per heavy atom. The summed E-state index contributed by atoms with van der Waals surface area (Å²) < 4.78 is 77.9. The molecule has 1 aromatic heterocycles. The highest BCUT2D eigenvalue weighted by atomic mass is 16.3. The van der Waals surface area contributed by atoms with Crippen molar-refractivity contribution in [2.45, 2.75) is 0 Å². The Balaban J connectivity index is 1.40. The summed E-state index contributed by atoms with van der Waals surface area (Å²) >= 11 is 0. The van der Waals surface area contributed by atoms with Gasteiger partial charge in [0.05, 0.1) is 11.0 Å². The third-order valence-corrected chi connectivity index (χ3v) is 8.30. The van der Waals surface area contributed by atoms with Gasteiger partial charge in [-0.2, -0.15) is 0 Å². The Bertz CT molecular complexity index is 2860. The van der Waals surface area contributed by atoms with E-state index in [2.05, 4.69) is 24.3 Å². The molecule has 8 aromatic carbocycles. The average molecular weight is 555 g/mol. The van der Waals surface area contributed by atoms with Crippen LogP contribution in [0, 0.1) is 0 Å². The van der Waals surface area contributed by atoms with Crippen LogP contribution in [0.4, 0.5) is 0 Å². The molecule has 0 aliphatic carbocycles. The molecule has 0 aliphatic heterocycles. The van der Waals surface area contributed by atoms with Crippen LogP contribution in [0.3, 0.4) is 0 Å². The molecule has 0 saturated carbocycles. The first-order valence-corrected chi connectivity index (χ1v) is 14.1. The number of rotatable bonds is 3. The maximum absolute atomic E-state index is 9.23. The first kappa shape index (κ1) is 17.3. The highest BCUT2D eigenvalue weighted by Gasteiger charge is 2.17. The van der Waals surface area contributed by atoms with E-state index in [1.807, 2.05) is 78.9 Å². The second kappa shape index (κ2) is 9.44. The van der Waals surface area contributed by atoms with Crippen molar-refractivity contribution in [3.05, 3.63) is 158 Å². The molecule has 0 atom stereocenters. The first-order chi connectivity index (χ1) is 24.6. The molecule has 0 aliphatic rings. The molecule has 43 heavy (non-hydrogen) atoms. The van der Waals surface area contributed by atoms with Gasteiger partial charge >= 0.3 is 0 Å². The normalized spacial score (nSPS) is 14.3. The minimum absolute atomic E-state index is 0.169. The van der Waals surface area contributed by atoms with Crippen molar-refractivity contribution in [2.75, 3.05) is 0 Å². The van der Waals surface area contributed by atoms with Crippen LogP contribution in [-0.4, -0.2) is 0 Å². The maximum Gasteiger partial charge on any atom is 0.136 e. The van der Waals surface area contributed by atoms with E-state index >= 15 is 0 Å². The van der Waals surface area contributed by atoms with E-state index in [9.17, 15) is 5.48 Å². The van der Waals surface area contributed by atoms with Crippen LogP contribution in [0.25, 0.3) is 87.6 Å². The lowest BCUT2D eigenvalue weighted by atomic mass is 9.85. The Morgan fingerprint density at radius 3 is 1.63 bits per heavy atom. The Kier molecular flexibility index (Phi) is 3.80. The second-order valence-corrected chi connectivity index (χ2v) is 10.7. The fourth-order valence-electron chi connectivity index (χ4n) is 6.28. The predicted molar refractivity (Wildman–Crippen MR) is 183 cm³/mol. The zero-order valence-electron chi connectivity index (χ0n) is 30.8. The topological polar surface area (TPSA) is 13.1 Å². The first-order valence-electron chi connectivity index (χ1n) is 18.1. The van der Waals surface area contributed by atoms with Crippen molar-refractivity contribution < 1.29 is 15.4 Å². The van der Waals surface area contributed by atoms with E-state index < -0.39 is 24.2 Å². The zero-order chi connectivity index (χ0) is 35.3. The van der Waals surface area contributed by atoms with Crippen LogP contribution in [-0.2, 0) is 0 Å². The summed E-state index contributed by atoms with van der Waals surface area (Å²) in [5.41, 5.74) is 4.83. The molecule has 1 heteroatoms. The number of para-hydroxylation sites is 1. The monoisotopic (exact) mass is 554 g/mol. The highest BCUT2D eigenvalue weighted by molar-refractivity contribution is 6.22. The lowest BCUT2D eigenvalue weighted by molar-refractivity contribution is 0.669. The van der Waals surface area contributed by atoms with Gasteiger partial charge in [-0.05, 0) is 90.0 Å². The van der Waals surface area contributed by atoms with Crippen LogP contribution >= 0.6 is 0 Å². The Labute approximate surface area is 260 Å². The number of hydrogen-bond acceptors (Lipinski definition) is 1. The van der Waals surface area contributed by atoms with Crippen molar-refractivity contribution in [2.24, 2.45) is 0 Å². The number of fused-ring (bicyclic) bond motifs is 6. The van der Waals surface area contributed by atoms with Crippen LogP contribution in [0.1, 0.15) is 11.0 Å². The van der Waals surface area contributed by atoms with Crippen LogP contribution in [0.15, 0.2) is 162 Å². The minimum Gasteiger partial charge on any atom is -0.456 e. The highest BCUT2D eigenvalue weighted by Crippen LogP contribution is 2.45. The second-order valence-electron chi connectivity index (χ2n) is 10.7. The smallest absolute Gasteiger partial charge is 0.136 e. The lowest BCUT2D eigenvalue weighted by Gasteiger charge is -2.18. The van der Waals surface area contributed by atoms with Crippen molar-refractivity contribution in [3.8, 4) is 33.4 Å². The van der Waals surface area contributed by atoms with Gasteiger partial charge in [-0.15, -0.1) is 0 Å². The Hall–Kier alpha value is -5.66. The predicted octanol–water partition coefficient (Wildman–Crippen LogP) is 12.0. The van der Waals surface area contributed by atoms with Gasteiger partial charge < -0.3 is 4.42 Å². The molecule has 0 bridgehead atoms. The van der Waals surface area contributed by atoms with Crippen molar-refractivity contribution in [1.82, 2.24) is 0 Å². The van der Waals surface area contributed by atoms with Crippen molar-refractivity contribution >= 4 is 54.3 Å². The van der Waals surface area contributed by atoms with Crippen LogP contribution in [0.5, 0.6) is 0 Å². The summed E-state index contributed by atoms with van der Waals surface area (Å²) in [6.45, 7) is 0. The lowest BCUT2D eigenvalue weighted by Crippen LogP contribution is -1.91. The summed E-state index contributed by atoms with van der Waals surface area (Å²) in [5.74, 6) is 0. The molecular formula is C42H26O. The van der Waals surface area contributed by atoms with E-state index in [-0.39, 0.29) is 51.3 Å². The summed E-state index contributed by atoms with van der Waals surface area (Å²) in [5, 5.41) is 4.69. The van der Waals surface area contributed by atoms with E-state index in [0.717, 1.165) is 32.7 Å².